The molecule has 0 aliphatic carbocycles. The molecule has 0 radical (unpaired) electrons. The van der Waals surface area contributed by atoms with E-state index in [2.05, 4.69) is 15.6 Å². The van der Waals surface area contributed by atoms with Crippen molar-refractivity contribution in [3.8, 4) is 0 Å². The van der Waals surface area contributed by atoms with Crippen LogP contribution in [-0.2, 0) is 4.74 Å². The standard InChI is InChI=1S/C11H17N5O2/c1-11(2)7-16(5-6-18-11)10(17)8-3-4-9(13-12)15-14-8/h3-4H,5-7,12H2,1-2H3,(H,13,15). The molecule has 18 heavy (non-hydrogen) atoms. The maximum atomic E-state index is 12.2. The first-order valence-corrected chi connectivity index (χ1v) is 5.75. The van der Waals surface area contributed by atoms with Crippen LogP contribution in [0.25, 0.3) is 0 Å². The molecule has 0 unspecified atom stereocenters. The van der Waals surface area contributed by atoms with E-state index in [1.54, 1.807) is 17.0 Å². The lowest BCUT2D eigenvalue weighted by atomic mass is 10.1. The van der Waals surface area contributed by atoms with Gasteiger partial charge in [-0.1, -0.05) is 0 Å². The summed E-state index contributed by atoms with van der Waals surface area (Å²) in [5.41, 5.74) is 2.36. The van der Waals surface area contributed by atoms with Crippen LogP contribution in [0.3, 0.4) is 0 Å². The van der Waals surface area contributed by atoms with Gasteiger partial charge in [-0.3, -0.25) is 4.79 Å². The van der Waals surface area contributed by atoms with Gasteiger partial charge in [0.1, 0.15) is 0 Å². The number of rotatable bonds is 2. The van der Waals surface area contributed by atoms with E-state index in [1.807, 2.05) is 13.8 Å². The van der Waals surface area contributed by atoms with Crippen molar-refractivity contribution < 1.29 is 9.53 Å². The van der Waals surface area contributed by atoms with Gasteiger partial charge in [0.05, 0.1) is 12.2 Å². The molecule has 1 aliphatic heterocycles. The molecular weight excluding hydrogens is 234 g/mol. The van der Waals surface area contributed by atoms with Crippen molar-refractivity contribution in [3.05, 3.63) is 17.8 Å². The first kappa shape index (κ1) is 12.7. The van der Waals surface area contributed by atoms with Gasteiger partial charge in [0.25, 0.3) is 5.91 Å². The molecule has 0 bridgehead atoms. The van der Waals surface area contributed by atoms with Crippen molar-refractivity contribution in [1.82, 2.24) is 15.1 Å². The maximum absolute atomic E-state index is 12.2. The Balaban J connectivity index is 2.10. The van der Waals surface area contributed by atoms with Crippen molar-refractivity contribution in [1.29, 1.82) is 0 Å². The van der Waals surface area contributed by atoms with Crippen LogP contribution in [0.2, 0.25) is 0 Å². The molecule has 0 saturated carbocycles. The Kier molecular flexibility index (Phi) is 3.44. The van der Waals surface area contributed by atoms with Crippen LogP contribution in [0.4, 0.5) is 5.82 Å². The highest BCUT2D eigenvalue weighted by atomic mass is 16.5. The number of nitrogens with one attached hydrogen (secondary N) is 1. The van der Waals surface area contributed by atoms with E-state index in [0.717, 1.165) is 0 Å². The lowest BCUT2D eigenvalue weighted by Gasteiger charge is -2.37. The van der Waals surface area contributed by atoms with Crippen LogP contribution in [-0.4, -0.2) is 46.3 Å². The van der Waals surface area contributed by atoms with Gasteiger partial charge in [0.2, 0.25) is 0 Å². The number of nitrogens with two attached hydrogens (primary N) is 1. The van der Waals surface area contributed by atoms with Gasteiger partial charge in [0, 0.05) is 13.1 Å². The zero-order valence-electron chi connectivity index (χ0n) is 10.5. The SMILES string of the molecule is CC1(C)CN(C(=O)c2ccc(NN)nn2)CCO1. The van der Waals surface area contributed by atoms with Crippen molar-refractivity contribution in [3.63, 3.8) is 0 Å². The Labute approximate surface area is 105 Å². The number of carbonyl (C=O) groups excluding carboxylic acids is 1. The number of anilines is 1. The fourth-order valence-electron chi connectivity index (χ4n) is 1.88. The number of nitrogens with zero attached hydrogens (tertiary/aromatic N) is 3. The summed E-state index contributed by atoms with van der Waals surface area (Å²) in [5, 5.41) is 7.63. The third kappa shape index (κ3) is 2.74. The Morgan fingerprint density at radius 2 is 2.28 bits per heavy atom. The summed E-state index contributed by atoms with van der Waals surface area (Å²) in [4.78, 5) is 13.9. The maximum Gasteiger partial charge on any atom is 0.274 e. The lowest BCUT2D eigenvalue weighted by molar-refractivity contribution is -0.0765. The van der Waals surface area contributed by atoms with Crippen molar-refractivity contribution >= 4 is 11.7 Å². The molecule has 1 amide bonds. The van der Waals surface area contributed by atoms with Crippen LogP contribution >= 0.6 is 0 Å². The minimum Gasteiger partial charge on any atom is -0.372 e. The molecule has 7 heteroatoms. The summed E-state index contributed by atoms with van der Waals surface area (Å²) < 4.78 is 5.56. The van der Waals surface area contributed by atoms with Gasteiger partial charge in [-0.2, -0.15) is 0 Å². The normalized spacial score (nSPS) is 18.5. The van der Waals surface area contributed by atoms with Crippen LogP contribution in [0.1, 0.15) is 24.3 Å². The minimum absolute atomic E-state index is 0.137. The van der Waals surface area contributed by atoms with Crippen molar-refractivity contribution in [2.75, 3.05) is 25.1 Å². The average Bonchev–Trinajstić information content (AvgIpc) is 2.37. The molecular formula is C11H17N5O2. The monoisotopic (exact) mass is 251 g/mol. The number of ether oxygens (including phenoxy) is 1. The highest BCUT2D eigenvalue weighted by molar-refractivity contribution is 5.92. The lowest BCUT2D eigenvalue weighted by Crippen LogP contribution is -2.50. The predicted molar refractivity (Wildman–Crippen MR) is 65.8 cm³/mol. The topological polar surface area (TPSA) is 93.4 Å². The first-order valence-electron chi connectivity index (χ1n) is 5.75. The molecule has 2 rings (SSSR count). The number of hydrogen-bond donors (Lipinski definition) is 2. The van der Waals surface area contributed by atoms with Gasteiger partial charge >= 0.3 is 0 Å². The third-order valence-electron chi connectivity index (χ3n) is 2.74. The fraction of sp³-hybridized carbons (Fsp3) is 0.545. The van der Waals surface area contributed by atoms with Crippen molar-refractivity contribution in [2.45, 2.75) is 19.4 Å². The van der Waals surface area contributed by atoms with E-state index in [4.69, 9.17) is 10.6 Å². The van der Waals surface area contributed by atoms with E-state index in [9.17, 15) is 4.79 Å². The van der Waals surface area contributed by atoms with Crippen LogP contribution in [0.5, 0.6) is 0 Å². The molecule has 2 heterocycles. The molecule has 0 atom stereocenters. The van der Waals surface area contributed by atoms with Gasteiger partial charge in [-0.15, -0.1) is 10.2 Å². The van der Waals surface area contributed by atoms with Gasteiger partial charge in [-0.05, 0) is 26.0 Å². The van der Waals surface area contributed by atoms with Crippen LogP contribution in [0, 0.1) is 0 Å². The summed E-state index contributed by atoms with van der Waals surface area (Å²) in [6.45, 7) is 5.57. The molecule has 1 fully saturated rings. The average molecular weight is 251 g/mol. The highest BCUT2D eigenvalue weighted by Crippen LogP contribution is 2.17. The molecule has 1 aromatic heterocycles. The minimum atomic E-state index is -0.319. The largest absolute Gasteiger partial charge is 0.372 e. The van der Waals surface area contributed by atoms with E-state index < -0.39 is 0 Å². The number of hydrogen-bond acceptors (Lipinski definition) is 6. The summed E-state index contributed by atoms with van der Waals surface area (Å²) >= 11 is 0. The second-order valence-corrected chi connectivity index (χ2v) is 4.78. The summed E-state index contributed by atoms with van der Waals surface area (Å²) in [7, 11) is 0. The highest BCUT2D eigenvalue weighted by Gasteiger charge is 2.30. The van der Waals surface area contributed by atoms with Crippen LogP contribution < -0.4 is 11.3 Å². The zero-order chi connectivity index (χ0) is 13.2. The number of morpholine rings is 1. The first-order chi connectivity index (χ1) is 8.52. The number of hydrazine groups is 1. The van der Waals surface area contributed by atoms with E-state index in [1.165, 1.54) is 0 Å². The van der Waals surface area contributed by atoms with Crippen LogP contribution in [0.15, 0.2) is 12.1 Å². The van der Waals surface area contributed by atoms with Gasteiger partial charge < -0.3 is 15.1 Å². The predicted octanol–water partition coefficient (Wildman–Crippen LogP) is 0.0132. The van der Waals surface area contributed by atoms with E-state index in [-0.39, 0.29) is 11.5 Å². The Morgan fingerprint density at radius 1 is 1.50 bits per heavy atom. The number of carbonyl (C=O) groups is 1. The molecule has 3 N–H and O–H groups in total. The second kappa shape index (κ2) is 4.87. The Bertz CT molecular complexity index is 432. The summed E-state index contributed by atoms with van der Waals surface area (Å²) in [6.07, 6.45) is 0. The summed E-state index contributed by atoms with van der Waals surface area (Å²) in [5.74, 6) is 5.48. The third-order valence-corrected chi connectivity index (χ3v) is 2.74. The smallest absolute Gasteiger partial charge is 0.274 e. The fourth-order valence-corrected chi connectivity index (χ4v) is 1.88. The molecule has 1 aromatic rings. The van der Waals surface area contributed by atoms with E-state index in [0.29, 0.717) is 31.2 Å². The number of nitrogen functional groups attached to an aromatic ring is 1. The molecule has 98 valence electrons. The Hall–Kier alpha value is -1.73. The second-order valence-electron chi connectivity index (χ2n) is 4.78. The molecule has 1 saturated heterocycles. The molecule has 0 spiro atoms. The van der Waals surface area contributed by atoms with E-state index >= 15 is 0 Å². The Morgan fingerprint density at radius 3 is 2.83 bits per heavy atom. The molecule has 0 aromatic carbocycles. The van der Waals surface area contributed by atoms with Gasteiger partial charge in [0.15, 0.2) is 11.5 Å². The van der Waals surface area contributed by atoms with Crippen molar-refractivity contribution in [2.24, 2.45) is 5.84 Å². The summed E-state index contributed by atoms with van der Waals surface area (Å²) in [6, 6.07) is 3.22. The number of amides is 1. The quantitative estimate of drug-likeness (QED) is 0.568. The zero-order valence-corrected chi connectivity index (χ0v) is 10.5. The molecule has 7 nitrogen and oxygen atoms in total. The number of aromatic nitrogens is 2. The molecule has 1 aliphatic rings. The van der Waals surface area contributed by atoms with Gasteiger partial charge in [-0.25, -0.2) is 5.84 Å².